The van der Waals surface area contributed by atoms with Crippen molar-refractivity contribution < 1.29 is 23.2 Å². The maximum atomic E-state index is 14.8. The van der Waals surface area contributed by atoms with Gasteiger partial charge < -0.3 is 24.4 Å². The summed E-state index contributed by atoms with van der Waals surface area (Å²) in [5, 5.41) is 6.55. The molecule has 1 aromatic carbocycles. The van der Waals surface area contributed by atoms with Gasteiger partial charge in [-0.25, -0.2) is 9.18 Å². The van der Waals surface area contributed by atoms with Gasteiger partial charge in [-0.05, 0) is 18.2 Å². The zero-order chi connectivity index (χ0) is 20.4. The SMILES string of the molecule is CC(=O)NC[C@H]1CN(c2ccc(N3CCN(c4ccon4)CC3)c(F)c2)C(=O)O1. The van der Waals surface area contributed by atoms with E-state index in [-0.39, 0.29) is 19.0 Å². The second-order valence-electron chi connectivity index (χ2n) is 7.02. The lowest BCUT2D eigenvalue weighted by Crippen LogP contribution is -2.47. The van der Waals surface area contributed by atoms with E-state index >= 15 is 0 Å². The van der Waals surface area contributed by atoms with Gasteiger partial charge >= 0.3 is 6.09 Å². The maximum absolute atomic E-state index is 14.8. The molecule has 1 aromatic heterocycles. The molecule has 0 saturated carbocycles. The van der Waals surface area contributed by atoms with Gasteiger partial charge in [-0.2, -0.15) is 0 Å². The summed E-state index contributed by atoms with van der Waals surface area (Å²) in [4.78, 5) is 28.6. The highest BCUT2D eigenvalue weighted by atomic mass is 19.1. The summed E-state index contributed by atoms with van der Waals surface area (Å²) in [6.07, 6.45) is 0.525. The largest absolute Gasteiger partial charge is 0.442 e. The van der Waals surface area contributed by atoms with E-state index in [1.54, 1.807) is 18.2 Å². The second kappa shape index (κ2) is 7.98. The van der Waals surface area contributed by atoms with Crippen LogP contribution >= 0.6 is 0 Å². The summed E-state index contributed by atoms with van der Waals surface area (Å²) in [5.74, 6) is 0.191. The fraction of sp³-hybridized carbons (Fsp3) is 0.421. The lowest BCUT2D eigenvalue weighted by atomic mass is 10.2. The van der Waals surface area contributed by atoms with Gasteiger partial charge in [0.25, 0.3) is 0 Å². The van der Waals surface area contributed by atoms with E-state index in [2.05, 4.69) is 15.4 Å². The van der Waals surface area contributed by atoms with Crippen LogP contribution in [0, 0.1) is 5.82 Å². The van der Waals surface area contributed by atoms with Crippen molar-refractivity contribution in [3.8, 4) is 0 Å². The predicted octanol–water partition coefficient (Wildman–Crippen LogP) is 1.60. The van der Waals surface area contributed by atoms with E-state index in [0.717, 1.165) is 5.82 Å². The number of nitrogens with zero attached hydrogens (tertiary/aromatic N) is 4. The Labute approximate surface area is 167 Å². The molecule has 1 atom stereocenters. The molecule has 4 rings (SSSR count). The highest BCUT2D eigenvalue weighted by molar-refractivity contribution is 5.90. The van der Waals surface area contributed by atoms with Crippen molar-refractivity contribution in [2.75, 3.05) is 54.0 Å². The molecule has 2 aliphatic heterocycles. The number of hydrogen-bond acceptors (Lipinski definition) is 7. The Bertz CT molecular complexity index is 883. The van der Waals surface area contributed by atoms with E-state index in [9.17, 15) is 14.0 Å². The average Bonchev–Trinajstić information content (AvgIpc) is 3.36. The topological polar surface area (TPSA) is 91.2 Å². The monoisotopic (exact) mass is 403 g/mol. The van der Waals surface area contributed by atoms with E-state index in [1.807, 2.05) is 4.90 Å². The van der Waals surface area contributed by atoms with Gasteiger partial charge in [-0.15, -0.1) is 0 Å². The van der Waals surface area contributed by atoms with Crippen LogP contribution in [0.2, 0.25) is 0 Å². The summed E-state index contributed by atoms with van der Waals surface area (Å²) in [5.41, 5.74) is 0.929. The summed E-state index contributed by atoms with van der Waals surface area (Å²) in [7, 11) is 0. The molecule has 154 valence electrons. The quantitative estimate of drug-likeness (QED) is 0.811. The number of ether oxygens (including phenoxy) is 1. The number of rotatable bonds is 5. The molecule has 0 spiro atoms. The fourth-order valence-corrected chi connectivity index (χ4v) is 3.56. The van der Waals surface area contributed by atoms with Gasteiger partial charge in [0.1, 0.15) is 18.2 Å². The van der Waals surface area contributed by atoms with Crippen LogP contribution < -0.4 is 20.0 Å². The minimum Gasteiger partial charge on any atom is -0.442 e. The number of anilines is 3. The minimum absolute atomic E-state index is 0.196. The molecular weight excluding hydrogens is 381 g/mol. The third-order valence-corrected chi connectivity index (χ3v) is 5.06. The molecule has 0 radical (unpaired) electrons. The number of amides is 2. The fourth-order valence-electron chi connectivity index (χ4n) is 3.56. The molecule has 2 saturated heterocycles. The zero-order valence-corrected chi connectivity index (χ0v) is 16.0. The number of carbonyl (C=O) groups excluding carboxylic acids is 2. The van der Waals surface area contributed by atoms with E-state index in [1.165, 1.54) is 24.2 Å². The Morgan fingerprint density at radius 2 is 2.00 bits per heavy atom. The first-order chi connectivity index (χ1) is 14.0. The lowest BCUT2D eigenvalue weighted by molar-refractivity contribution is -0.119. The molecule has 0 unspecified atom stereocenters. The van der Waals surface area contributed by atoms with Crippen molar-refractivity contribution in [1.29, 1.82) is 0 Å². The molecule has 3 heterocycles. The van der Waals surface area contributed by atoms with E-state index in [4.69, 9.17) is 9.26 Å². The van der Waals surface area contributed by atoms with Crippen molar-refractivity contribution >= 4 is 29.2 Å². The molecule has 2 amide bonds. The predicted molar refractivity (Wildman–Crippen MR) is 104 cm³/mol. The molecule has 2 aliphatic rings. The smallest absolute Gasteiger partial charge is 0.414 e. The van der Waals surface area contributed by atoms with E-state index < -0.39 is 18.0 Å². The van der Waals surface area contributed by atoms with Crippen LogP contribution in [0.15, 0.2) is 35.1 Å². The Kier molecular flexibility index (Phi) is 5.24. The average molecular weight is 403 g/mol. The van der Waals surface area contributed by atoms with Crippen LogP contribution in [0.3, 0.4) is 0 Å². The first kappa shape index (κ1) is 19.0. The molecule has 2 aromatic rings. The molecule has 1 N–H and O–H groups in total. The van der Waals surface area contributed by atoms with Crippen molar-refractivity contribution in [3.63, 3.8) is 0 Å². The molecule has 0 aliphatic carbocycles. The first-order valence-corrected chi connectivity index (χ1v) is 9.43. The van der Waals surface area contributed by atoms with Crippen molar-refractivity contribution in [1.82, 2.24) is 10.5 Å². The minimum atomic E-state index is -0.547. The number of aromatic nitrogens is 1. The maximum Gasteiger partial charge on any atom is 0.414 e. The third kappa shape index (κ3) is 4.10. The molecule has 10 heteroatoms. The Balaban J connectivity index is 1.39. The number of nitrogens with one attached hydrogen (secondary N) is 1. The number of halogens is 1. The summed E-state index contributed by atoms with van der Waals surface area (Å²) in [6.45, 7) is 4.59. The van der Waals surface area contributed by atoms with Crippen LogP contribution in [0.25, 0.3) is 0 Å². The van der Waals surface area contributed by atoms with E-state index in [0.29, 0.717) is 37.6 Å². The van der Waals surface area contributed by atoms with Crippen molar-refractivity contribution in [2.24, 2.45) is 0 Å². The summed E-state index contributed by atoms with van der Waals surface area (Å²) in [6, 6.07) is 6.55. The lowest BCUT2D eigenvalue weighted by Gasteiger charge is -2.36. The van der Waals surface area contributed by atoms with Crippen LogP contribution in [0.1, 0.15) is 6.92 Å². The van der Waals surface area contributed by atoms with Gasteiger partial charge in [0.05, 0.1) is 24.5 Å². The molecular formula is C19H22FN5O4. The van der Waals surface area contributed by atoms with Crippen molar-refractivity contribution in [2.45, 2.75) is 13.0 Å². The zero-order valence-electron chi connectivity index (χ0n) is 16.0. The van der Waals surface area contributed by atoms with Gasteiger partial charge in [0.15, 0.2) is 5.82 Å². The Morgan fingerprint density at radius 3 is 2.66 bits per heavy atom. The van der Waals surface area contributed by atoms with Gasteiger partial charge in [0, 0.05) is 39.2 Å². The number of piperazine rings is 1. The Hall–Kier alpha value is -3.30. The van der Waals surface area contributed by atoms with Crippen LogP contribution in [0.5, 0.6) is 0 Å². The molecule has 2 fully saturated rings. The van der Waals surface area contributed by atoms with Gasteiger partial charge in [-0.3, -0.25) is 9.69 Å². The third-order valence-electron chi connectivity index (χ3n) is 5.06. The standard InChI is InChI=1S/C19H22FN5O4/c1-13(26)21-11-15-12-25(19(27)29-15)14-2-3-17(16(20)10-14)23-5-7-24(8-6-23)18-4-9-28-22-18/h2-4,9-10,15H,5-8,11-12H2,1H3,(H,21,26)/t15-/m0/s1. The van der Waals surface area contributed by atoms with Gasteiger partial charge in [0.2, 0.25) is 5.91 Å². The van der Waals surface area contributed by atoms with Crippen LogP contribution in [-0.4, -0.2) is 62.5 Å². The van der Waals surface area contributed by atoms with Crippen LogP contribution in [-0.2, 0) is 9.53 Å². The number of benzene rings is 1. The summed E-state index contributed by atoms with van der Waals surface area (Å²) < 4.78 is 24.9. The summed E-state index contributed by atoms with van der Waals surface area (Å²) >= 11 is 0. The number of hydrogen-bond donors (Lipinski definition) is 1. The molecule has 29 heavy (non-hydrogen) atoms. The Morgan fingerprint density at radius 1 is 1.24 bits per heavy atom. The highest BCUT2D eigenvalue weighted by Crippen LogP contribution is 2.29. The molecule has 9 nitrogen and oxygen atoms in total. The first-order valence-electron chi connectivity index (χ1n) is 9.43. The normalized spacial score (nSPS) is 19.4. The van der Waals surface area contributed by atoms with Crippen molar-refractivity contribution in [3.05, 3.63) is 36.3 Å². The molecule has 0 bridgehead atoms. The highest BCUT2D eigenvalue weighted by Gasteiger charge is 2.33. The number of cyclic esters (lactones) is 1. The number of carbonyl (C=O) groups is 2. The second-order valence-corrected chi connectivity index (χ2v) is 7.02. The van der Waals surface area contributed by atoms with Gasteiger partial charge in [-0.1, -0.05) is 5.16 Å². The van der Waals surface area contributed by atoms with Crippen LogP contribution in [0.4, 0.5) is 26.4 Å².